The Bertz CT molecular complexity index is 273. The van der Waals surface area contributed by atoms with Crippen molar-refractivity contribution >= 4 is 5.78 Å². The Morgan fingerprint density at radius 2 is 2.23 bits per heavy atom. The van der Waals surface area contributed by atoms with Crippen LogP contribution in [-0.4, -0.2) is 15.8 Å². The van der Waals surface area contributed by atoms with Crippen molar-refractivity contribution < 1.29 is 4.79 Å². The van der Waals surface area contributed by atoms with Crippen LogP contribution in [0.3, 0.4) is 0 Å². The quantitative estimate of drug-likeness (QED) is 0.702. The molecule has 0 bridgehead atoms. The number of nitrogens with zero attached hydrogens (tertiary/aromatic N) is 1. The summed E-state index contributed by atoms with van der Waals surface area (Å²) in [6, 6.07) is 0. The van der Waals surface area contributed by atoms with Gasteiger partial charge in [-0.05, 0) is 12.8 Å². The highest BCUT2D eigenvalue weighted by atomic mass is 16.1. The average molecular weight is 177 g/mol. The Morgan fingerprint density at radius 3 is 2.85 bits per heavy atom. The number of Topliss-reactive ketones (excluding diaryl/α,β-unsaturated/α-hetero) is 1. The molecule has 0 amide bonds. The molecule has 1 N–H and O–H groups in total. The zero-order valence-corrected chi connectivity index (χ0v) is 7.55. The second-order valence-corrected chi connectivity index (χ2v) is 3.60. The van der Waals surface area contributed by atoms with Gasteiger partial charge in [0.2, 0.25) is 0 Å². The van der Waals surface area contributed by atoms with Crippen molar-refractivity contribution in [3.05, 3.63) is 18.2 Å². The summed E-state index contributed by atoms with van der Waals surface area (Å²) in [5, 5.41) is 0. The summed E-state index contributed by atoms with van der Waals surface area (Å²) < 4.78 is 0. The van der Waals surface area contributed by atoms with Crippen LogP contribution in [0, 0.1) is 12.2 Å². The van der Waals surface area contributed by atoms with Crippen molar-refractivity contribution in [3.63, 3.8) is 0 Å². The van der Waals surface area contributed by atoms with E-state index in [0.29, 0.717) is 5.69 Å². The third-order valence-electron chi connectivity index (χ3n) is 2.68. The van der Waals surface area contributed by atoms with Crippen LogP contribution >= 0.6 is 0 Å². The van der Waals surface area contributed by atoms with Crippen LogP contribution in [0.5, 0.6) is 0 Å². The van der Waals surface area contributed by atoms with E-state index in [0.717, 1.165) is 12.8 Å². The smallest absolute Gasteiger partial charge is 0.185 e. The van der Waals surface area contributed by atoms with Crippen molar-refractivity contribution in [1.29, 1.82) is 0 Å². The van der Waals surface area contributed by atoms with Gasteiger partial charge in [-0.3, -0.25) is 4.79 Å². The summed E-state index contributed by atoms with van der Waals surface area (Å²) in [6.45, 7) is 0. The van der Waals surface area contributed by atoms with Gasteiger partial charge in [0.1, 0.15) is 5.69 Å². The van der Waals surface area contributed by atoms with Crippen molar-refractivity contribution in [3.8, 4) is 0 Å². The molecule has 1 aliphatic rings. The second-order valence-electron chi connectivity index (χ2n) is 3.60. The highest BCUT2D eigenvalue weighted by Crippen LogP contribution is 2.26. The first-order valence-electron chi connectivity index (χ1n) is 4.83. The van der Waals surface area contributed by atoms with Crippen LogP contribution in [-0.2, 0) is 0 Å². The van der Waals surface area contributed by atoms with Gasteiger partial charge < -0.3 is 4.98 Å². The monoisotopic (exact) mass is 177 g/mol. The van der Waals surface area contributed by atoms with Gasteiger partial charge in [0.05, 0.1) is 0 Å². The minimum atomic E-state index is 0.192. The summed E-state index contributed by atoms with van der Waals surface area (Å²) in [6.07, 6.45) is 9.90. The van der Waals surface area contributed by atoms with E-state index in [1.807, 2.05) is 0 Å². The molecule has 0 atom stereocenters. The minimum absolute atomic E-state index is 0.192. The van der Waals surface area contributed by atoms with Gasteiger partial charge in [-0.1, -0.05) is 19.3 Å². The number of nitrogens with one attached hydrogen (secondary N) is 1. The van der Waals surface area contributed by atoms with E-state index >= 15 is 0 Å². The van der Waals surface area contributed by atoms with Crippen LogP contribution in [0.4, 0.5) is 0 Å². The molecule has 1 fully saturated rings. The Kier molecular flexibility index (Phi) is 2.43. The third kappa shape index (κ3) is 1.79. The fraction of sp³-hybridized carbons (Fsp3) is 0.600. The molecule has 0 aliphatic heterocycles. The topological polar surface area (TPSA) is 45.8 Å². The average Bonchev–Trinajstić information content (AvgIpc) is 2.71. The molecule has 1 aliphatic carbocycles. The minimum Gasteiger partial charge on any atom is -0.341 e. The Morgan fingerprint density at radius 1 is 1.46 bits per heavy atom. The van der Waals surface area contributed by atoms with Gasteiger partial charge >= 0.3 is 0 Å². The lowest BCUT2D eigenvalue weighted by molar-refractivity contribution is 0.0885. The number of imidazole rings is 1. The molecule has 1 heterocycles. The second kappa shape index (κ2) is 3.73. The number of ketones is 1. The molecule has 1 aromatic heterocycles. The van der Waals surface area contributed by atoms with Gasteiger partial charge in [-0.15, -0.1) is 0 Å². The standard InChI is InChI=1S/C10H13N2O/c13-10(9-6-11-7-12-9)8-4-2-1-3-5-8/h6,8H,1-5H2,(H,11,12). The number of H-pyrrole nitrogens is 1. The predicted molar refractivity (Wildman–Crippen MR) is 48.3 cm³/mol. The SMILES string of the molecule is O=C(c1c[nH][c]n1)C1CCCCC1. The largest absolute Gasteiger partial charge is 0.341 e. The summed E-state index contributed by atoms with van der Waals surface area (Å²) in [7, 11) is 0. The Hall–Kier alpha value is -1.12. The normalized spacial score (nSPS) is 18.8. The summed E-state index contributed by atoms with van der Waals surface area (Å²) in [5.41, 5.74) is 0.548. The molecule has 3 heteroatoms. The molecule has 2 rings (SSSR count). The van der Waals surface area contributed by atoms with E-state index in [-0.39, 0.29) is 11.7 Å². The molecule has 1 saturated carbocycles. The molecular weight excluding hydrogens is 164 g/mol. The highest BCUT2D eigenvalue weighted by molar-refractivity contribution is 5.95. The van der Waals surface area contributed by atoms with Gasteiger partial charge in [-0.2, -0.15) is 0 Å². The first-order valence-corrected chi connectivity index (χ1v) is 4.83. The van der Waals surface area contributed by atoms with Crippen molar-refractivity contribution in [2.75, 3.05) is 0 Å². The van der Waals surface area contributed by atoms with Crippen molar-refractivity contribution in [2.24, 2.45) is 5.92 Å². The molecule has 13 heavy (non-hydrogen) atoms. The molecular formula is C10H13N2O. The van der Waals surface area contributed by atoms with Gasteiger partial charge in [0.15, 0.2) is 12.1 Å². The van der Waals surface area contributed by atoms with E-state index in [1.54, 1.807) is 6.20 Å². The van der Waals surface area contributed by atoms with Crippen LogP contribution in [0.15, 0.2) is 6.20 Å². The lowest BCUT2D eigenvalue weighted by atomic mass is 9.85. The molecule has 3 nitrogen and oxygen atoms in total. The van der Waals surface area contributed by atoms with E-state index < -0.39 is 0 Å². The van der Waals surface area contributed by atoms with Crippen molar-refractivity contribution in [1.82, 2.24) is 9.97 Å². The van der Waals surface area contributed by atoms with Crippen LogP contribution in [0.1, 0.15) is 42.6 Å². The number of hydrogen-bond acceptors (Lipinski definition) is 2. The maximum atomic E-state index is 11.8. The number of rotatable bonds is 2. The van der Waals surface area contributed by atoms with Crippen LogP contribution in [0.2, 0.25) is 0 Å². The van der Waals surface area contributed by atoms with E-state index in [4.69, 9.17) is 0 Å². The predicted octanol–water partition coefficient (Wildman–Crippen LogP) is 1.97. The number of carbonyl (C=O) groups excluding carboxylic acids is 1. The lowest BCUT2D eigenvalue weighted by Gasteiger charge is -2.18. The van der Waals surface area contributed by atoms with Crippen LogP contribution in [0.25, 0.3) is 0 Å². The summed E-state index contributed by atoms with van der Waals surface area (Å²) in [4.78, 5) is 18.3. The molecule has 0 aromatic carbocycles. The fourth-order valence-electron chi connectivity index (χ4n) is 1.93. The number of aromatic amines is 1. The van der Waals surface area contributed by atoms with Gasteiger partial charge in [0, 0.05) is 12.1 Å². The Labute approximate surface area is 77.6 Å². The first-order chi connectivity index (χ1) is 6.38. The molecule has 0 saturated heterocycles. The maximum absolute atomic E-state index is 11.8. The highest BCUT2D eigenvalue weighted by Gasteiger charge is 2.23. The zero-order chi connectivity index (χ0) is 9.10. The zero-order valence-electron chi connectivity index (χ0n) is 7.55. The Balaban J connectivity index is 2.04. The van der Waals surface area contributed by atoms with Gasteiger partial charge in [-0.25, -0.2) is 4.98 Å². The number of hydrogen-bond donors (Lipinski definition) is 1. The molecule has 1 radical (unpaired) electrons. The number of aromatic nitrogens is 2. The number of carbonyl (C=O) groups is 1. The van der Waals surface area contributed by atoms with E-state index in [2.05, 4.69) is 16.3 Å². The third-order valence-corrected chi connectivity index (χ3v) is 2.68. The fourth-order valence-corrected chi connectivity index (χ4v) is 1.93. The lowest BCUT2D eigenvalue weighted by Crippen LogP contribution is -2.18. The van der Waals surface area contributed by atoms with Crippen LogP contribution < -0.4 is 0 Å². The van der Waals surface area contributed by atoms with E-state index in [1.165, 1.54) is 19.3 Å². The molecule has 0 spiro atoms. The van der Waals surface area contributed by atoms with Crippen molar-refractivity contribution in [2.45, 2.75) is 32.1 Å². The van der Waals surface area contributed by atoms with Gasteiger partial charge in [0.25, 0.3) is 0 Å². The molecule has 69 valence electrons. The molecule has 1 aromatic rings. The summed E-state index contributed by atoms with van der Waals surface area (Å²) in [5.74, 6) is 0.405. The molecule has 0 unspecified atom stereocenters. The summed E-state index contributed by atoms with van der Waals surface area (Å²) >= 11 is 0. The van der Waals surface area contributed by atoms with E-state index in [9.17, 15) is 4.79 Å². The first kappa shape index (κ1) is 8.48. The maximum Gasteiger partial charge on any atom is 0.185 e.